The molecule has 24 nitrogen and oxygen atoms in total. The lowest BCUT2D eigenvalue weighted by Gasteiger charge is -2.25. The highest BCUT2D eigenvalue weighted by molar-refractivity contribution is 5.99. The van der Waals surface area contributed by atoms with Gasteiger partial charge in [0.1, 0.15) is 36.3 Å². The van der Waals surface area contributed by atoms with E-state index in [4.69, 9.17) is 21.7 Å². The Labute approximate surface area is 328 Å². The third kappa shape index (κ3) is 15.2. The lowest BCUT2D eigenvalue weighted by molar-refractivity contribution is -0.144. The molecule has 0 fully saturated rings. The first-order chi connectivity index (χ1) is 27.1. The monoisotopic (exact) mass is 819 g/mol. The van der Waals surface area contributed by atoms with Crippen LogP contribution in [-0.4, -0.2) is 133 Å². The van der Waals surface area contributed by atoms with E-state index in [2.05, 4.69) is 20.9 Å². The highest BCUT2D eigenvalue weighted by atomic mass is 16.4. The SMILES string of the molecule is C[C@H](NC(=O)[C@H](CC(N)=O)NC(=O)[C@H](CC(=O)O)NC(=O)[C@H](CC(=O)O)NC(=O)[C@H](C)NC(=O)[C@H](Cc1c[nH]c2ccccc12)NC(=O)[C@@H](N)CCC(=O)O)C(=O)O. The van der Waals surface area contributed by atoms with Gasteiger partial charge in [-0.1, -0.05) is 18.2 Å². The fourth-order valence-corrected chi connectivity index (χ4v) is 5.19. The Morgan fingerprint density at radius 1 is 0.603 bits per heavy atom. The molecule has 0 bridgehead atoms. The van der Waals surface area contributed by atoms with Gasteiger partial charge in [0.25, 0.3) is 0 Å². The van der Waals surface area contributed by atoms with Crippen LogP contribution in [0.15, 0.2) is 30.5 Å². The van der Waals surface area contributed by atoms with Gasteiger partial charge in [-0.25, -0.2) is 0 Å². The Kier molecular flexibility index (Phi) is 17.7. The number of fused-ring (bicyclic) bond motifs is 1. The molecule has 1 heterocycles. The molecule has 0 unspecified atom stereocenters. The number of carbonyl (C=O) groups is 11. The van der Waals surface area contributed by atoms with Gasteiger partial charge >= 0.3 is 23.9 Å². The van der Waals surface area contributed by atoms with E-state index >= 15 is 0 Å². The fraction of sp³-hybridized carbons (Fsp3) is 0.441. The number of para-hydroxylation sites is 1. The second kappa shape index (κ2) is 21.8. The number of carbonyl (C=O) groups excluding carboxylic acids is 7. The Balaban J connectivity index is 2.27. The molecule has 316 valence electrons. The average molecular weight is 820 g/mol. The number of hydrogen-bond acceptors (Lipinski definition) is 12. The Bertz CT molecular complexity index is 1920. The van der Waals surface area contributed by atoms with Crippen molar-refractivity contribution in [3.63, 3.8) is 0 Å². The number of nitrogens with one attached hydrogen (secondary N) is 7. The van der Waals surface area contributed by atoms with Crippen LogP contribution in [0.5, 0.6) is 0 Å². The fourth-order valence-electron chi connectivity index (χ4n) is 5.19. The van der Waals surface area contributed by atoms with Crippen LogP contribution in [0.2, 0.25) is 0 Å². The number of nitrogens with two attached hydrogens (primary N) is 2. The van der Waals surface area contributed by atoms with E-state index < -0.39 is 133 Å². The molecule has 7 atom stereocenters. The topological polar surface area (TPSA) is 409 Å². The molecule has 0 aliphatic heterocycles. The van der Waals surface area contributed by atoms with Crippen LogP contribution in [0.3, 0.4) is 0 Å². The molecule has 0 aliphatic rings. The molecule has 58 heavy (non-hydrogen) atoms. The van der Waals surface area contributed by atoms with Crippen molar-refractivity contribution in [2.24, 2.45) is 11.5 Å². The van der Waals surface area contributed by atoms with Crippen LogP contribution in [0.1, 0.15) is 51.5 Å². The van der Waals surface area contributed by atoms with E-state index in [1.165, 1.54) is 0 Å². The van der Waals surface area contributed by atoms with Crippen molar-refractivity contribution in [3.05, 3.63) is 36.0 Å². The lowest BCUT2D eigenvalue weighted by Crippen LogP contribution is -2.60. The van der Waals surface area contributed by atoms with Gasteiger partial charge in [0, 0.05) is 29.9 Å². The summed E-state index contributed by atoms with van der Waals surface area (Å²) in [6.07, 6.45) is -2.47. The molecule has 7 amide bonds. The Morgan fingerprint density at radius 2 is 1.07 bits per heavy atom. The van der Waals surface area contributed by atoms with Gasteiger partial charge in [-0.15, -0.1) is 0 Å². The highest BCUT2D eigenvalue weighted by Crippen LogP contribution is 2.19. The zero-order valence-electron chi connectivity index (χ0n) is 31.1. The van der Waals surface area contributed by atoms with Gasteiger partial charge < -0.3 is 68.8 Å². The smallest absolute Gasteiger partial charge is 0.325 e. The van der Waals surface area contributed by atoms with E-state index in [9.17, 15) is 63.0 Å². The molecule has 1 aromatic heterocycles. The number of amides is 7. The standard InChI is InChI=1S/C34H45N9O15/c1-14(38-30(53)20(41-29(52)18(35)7-8-25(45)46)9-16-13-37-19-6-4-3-5-17(16)19)28(51)40-22(11-26(47)48)32(55)43-23(12-27(49)50)33(56)42-21(10-24(36)44)31(54)39-15(2)34(57)58/h3-6,13-15,18,20-23,37H,7-12,35H2,1-2H3,(H2,36,44)(H,38,53)(H,39,54)(H,40,51)(H,41,52)(H,42,56)(H,43,55)(H,45,46)(H,47,48)(H,49,50)(H,57,58)/t14-,15-,18-,20-,21-,22-,23-/m0/s1. The summed E-state index contributed by atoms with van der Waals surface area (Å²) < 4.78 is 0. The largest absolute Gasteiger partial charge is 0.481 e. The third-order valence-corrected chi connectivity index (χ3v) is 8.28. The summed E-state index contributed by atoms with van der Waals surface area (Å²) in [4.78, 5) is 139. The molecular weight excluding hydrogens is 774 g/mol. The normalized spacial score (nSPS) is 14.5. The van der Waals surface area contributed by atoms with Crippen LogP contribution >= 0.6 is 0 Å². The Hall–Kier alpha value is -7.11. The lowest BCUT2D eigenvalue weighted by atomic mass is 10.0. The third-order valence-electron chi connectivity index (χ3n) is 8.28. The minimum absolute atomic E-state index is 0.154. The van der Waals surface area contributed by atoms with E-state index in [0.717, 1.165) is 13.8 Å². The highest BCUT2D eigenvalue weighted by Gasteiger charge is 2.34. The van der Waals surface area contributed by atoms with Gasteiger partial charge in [-0.3, -0.25) is 52.7 Å². The zero-order chi connectivity index (χ0) is 43.9. The summed E-state index contributed by atoms with van der Waals surface area (Å²) in [6, 6.07) is -4.72. The molecule has 2 rings (SSSR count). The van der Waals surface area contributed by atoms with Crippen molar-refractivity contribution >= 4 is 76.1 Å². The van der Waals surface area contributed by atoms with Crippen molar-refractivity contribution < 1.29 is 73.2 Å². The number of benzene rings is 1. The number of aliphatic carboxylic acids is 4. The van der Waals surface area contributed by atoms with Crippen molar-refractivity contribution in [1.82, 2.24) is 36.9 Å². The molecule has 24 heteroatoms. The van der Waals surface area contributed by atoms with E-state index in [1.54, 1.807) is 30.5 Å². The van der Waals surface area contributed by atoms with Gasteiger partial charge in [-0.2, -0.15) is 0 Å². The van der Waals surface area contributed by atoms with Crippen LogP contribution in [0.25, 0.3) is 10.9 Å². The predicted molar refractivity (Wildman–Crippen MR) is 196 cm³/mol. The molecule has 0 aliphatic carbocycles. The van der Waals surface area contributed by atoms with Crippen LogP contribution < -0.4 is 43.4 Å². The quantitative estimate of drug-likeness (QED) is 0.0477. The predicted octanol–water partition coefficient (Wildman–Crippen LogP) is -4.24. The van der Waals surface area contributed by atoms with E-state index in [1.807, 2.05) is 16.0 Å². The second-order valence-electron chi connectivity index (χ2n) is 13.0. The van der Waals surface area contributed by atoms with E-state index in [-0.39, 0.29) is 12.8 Å². The maximum absolute atomic E-state index is 13.5. The summed E-state index contributed by atoms with van der Waals surface area (Å²) >= 11 is 0. The molecule has 0 spiro atoms. The van der Waals surface area contributed by atoms with Crippen LogP contribution in [0, 0.1) is 0 Å². The molecule has 0 radical (unpaired) electrons. The second-order valence-corrected chi connectivity index (χ2v) is 13.0. The van der Waals surface area contributed by atoms with Gasteiger partial charge in [0.05, 0.1) is 25.3 Å². The molecular formula is C34H45N9O15. The maximum Gasteiger partial charge on any atom is 0.325 e. The summed E-state index contributed by atoms with van der Waals surface area (Å²) in [7, 11) is 0. The number of aromatic amines is 1. The van der Waals surface area contributed by atoms with Crippen molar-refractivity contribution in [3.8, 4) is 0 Å². The maximum atomic E-state index is 13.5. The van der Waals surface area contributed by atoms with Crippen molar-refractivity contribution in [1.29, 1.82) is 0 Å². The molecule has 0 saturated carbocycles. The number of hydrogen-bond donors (Lipinski definition) is 13. The first-order valence-corrected chi connectivity index (χ1v) is 17.4. The zero-order valence-corrected chi connectivity index (χ0v) is 31.1. The van der Waals surface area contributed by atoms with Crippen molar-refractivity contribution in [2.75, 3.05) is 0 Å². The summed E-state index contributed by atoms with van der Waals surface area (Å²) in [6.45, 7) is 2.20. The molecule has 1 aromatic carbocycles. The first-order valence-electron chi connectivity index (χ1n) is 17.4. The number of rotatable bonds is 24. The van der Waals surface area contributed by atoms with E-state index in [0.29, 0.717) is 16.5 Å². The number of primary amides is 1. The van der Waals surface area contributed by atoms with Crippen LogP contribution in [0.4, 0.5) is 0 Å². The van der Waals surface area contributed by atoms with Crippen LogP contribution in [-0.2, 0) is 59.2 Å². The molecule has 15 N–H and O–H groups in total. The van der Waals surface area contributed by atoms with Gasteiger partial charge in [-0.05, 0) is 31.9 Å². The summed E-state index contributed by atoms with van der Waals surface area (Å²) in [5.74, 6) is -14.2. The van der Waals surface area contributed by atoms with Gasteiger partial charge in [0.15, 0.2) is 0 Å². The minimum atomic E-state index is -2.06. The number of aromatic nitrogens is 1. The summed E-state index contributed by atoms with van der Waals surface area (Å²) in [5.41, 5.74) is 12.2. The summed E-state index contributed by atoms with van der Waals surface area (Å²) in [5, 5.41) is 50.4. The number of H-pyrrole nitrogens is 1. The first kappa shape index (κ1) is 47.0. The molecule has 2 aromatic rings. The minimum Gasteiger partial charge on any atom is -0.481 e. The average Bonchev–Trinajstić information content (AvgIpc) is 3.54. The number of carboxylic acid groups (broad SMARTS) is 4. The Morgan fingerprint density at radius 3 is 1.59 bits per heavy atom. The number of carboxylic acids is 4. The molecule has 0 saturated heterocycles. The van der Waals surface area contributed by atoms with Gasteiger partial charge in [0.2, 0.25) is 41.4 Å². The van der Waals surface area contributed by atoms with Crippen molar-refractivity contribution in [2.45, 2.75) is 94.7 Å².